The molecule has 0 aliphatic carbocycles. The number of anilines is 1. The first-order valence-corrected chi connectivity index (χ1v) is 9.68. The highest BCUT2D eigenvalue weighted by Crippen LogP contribution is 2.34. The van der Waals surface area contributed by atoms with E-state index in [2.05, 4.69) is 10.6 Å². The third-order valence-corrected chi connectivity index (χ3v) is 5.13. The number of methoxy groups -OCH3 is 1. The van der Waals surface area contributed by atoms with Gasteiger partial charge in [0, 0.05) is 36.1 Å². The van der Waals surface area contributed by atoms with Crippen molar-refractivity contribution in [3.05, 3.63) is 42.5 Å². The molecule has 0 bridgehead atoms. The first-order chi connectivity index (χ1) is 14.1. The van der Waals surface area contributed by atoms with Gasteiger partial charge in [-0.15, -0.1) is 0 Å². The van der Waals surface area contributed by atoms with Crippen molar-refractivity contribution >= 4 is 23.4 Å². The van der Waals surface area contributed by atoms with Crippen molar-refractivity contribution in [2.45, 2.75) is 11.4 Å². The van der Waals surface area contributed by atoms with Gasteiger partial charge < -0.3 is 29.2 Å². The molecule has 150 valence electrons. The third kappa shape index (κ3) is 4.21. The van der Waals surface area contributed by atoms with E-state index in [9.17, 15) is 9.90 Å². The Labute approximate surface area is 170 Å². The number of carbonyl (C=O) groups is 1. The second-order valence-electron chi connectivity index (χ2n) is 5.99. The standard InChI is InChI=1S/C19H17N3O6S/c1-25-14-5-3-13(4-6-14)22-18(19(24)28-21-22)29-9-8-17(23)20-12-2-7-15-16(10-12)27-11-26-15/h2-7,10H,8-9,11H2,1H3,(H-,20,21,23,24). The number of fused-ring (bicyclic) bond motifs is 1. The van der Waals surface area contributed by atoms with Crippen LogP contribution in [-0.2, 0) is 4.79 Å². The van der Waals surface area contributed by atoms with Gasteiger partial charge >= 0.3 is 0 Å². The molecular formula is C19H17N3O6S. The van der Waals surface area contributed by atoms with Gasteiger partial charge in [-0.05, 0) is 28.9 Å². The molecule has 0 atom stereocenters. The van der Waals surface area contributed by atoms with Crippen LogP contribution in [0.5, 0.6) is 23.2 Å². The Balaban J connectivity index is 1.35. The Morgan fingerprint density at radius 1 is 1.24 bits per heavy atom. The van der Waals surface area contributed by atoms with Crippen LogP contribution in [0.4, 0.5) is 5.69 Å². The zero-order valence-corrected chi connectivity index (χ0v) is 16.2. The van der Waals surface area contributed by atoms with E-state index >= 15 is 0 Å². The predicted octanol–water partition coefficient (Wildman–Crippen LogP) is 1.88. The molecule has 3 aromatic rings. The van der Waals surface area contributed by atoms with E-state index in [1.807, 2.05) is 0 Å². The summed E-state index contributed by atoms with van der Waals surface area (Å²) in [5, 5.41) is 18.9. The molecule has 10 heteroatoms. The molecular weight excluding hydrogens is 398 g/mol. The molecule has 1 N–H and O–H groups in total. The summed E-state index contributed by atoms with van der Waals surface area (Å²) in [6.07, 6.45) is 0.201. The van der Waals surface area contributed by atoms with E-state index < -0.39 is 5.95 Å². The lowest BCUT2D eigenvalue weighted by atomic mass is 10.2. The second-order valence-corrected chi connectivity index (χ2v) is 7.07. The molecule has 0 unspecified atom stereocenters. The number of rotatable bonds is 7. The maximum atomic E-state index is 12.2. The summed E-state index contributed by atoms with van der Waals surface area (Å²) in [5.74, 6) is 1.58. The number of carbonyl (C=O) groups excluding carboxylic acids is 1. The zero-order valence-electron chi connectivity index (χ0n) is 15.4. The molecule has 0 fully saturated rings. The van der Waals surface area contributed by atoms with Crippen LogP contribution in [0.15, 0.2) is 52.0 Å². The molecule has 0 spiro atoms. The fourth-order valence-corrected chi connectivity index (χ4v) is 3.58. The zero-order chi connectivity index (χ0) is 20.2. The number of hydrogen-bond donors (Lipinski definition) is 1. The second kappa shape index (κ2) is 8.31. The van der Waals surface area contributed by atoms with Gasteiger partial charge in [-0.2, -0.15) is 0 Å². The van der Waals surface area contributed by atoms with Gasteiger partial charge in [-0.1, -0.05) is 11.8 Å². The fraction of sp³-hybridized carbons (Fsp3) is 0.211. The van der Waals surface area contributed by atoms with Gasteiger partial charge in [0.15, 0.2) is 17.4 Å². The lowest BCUT2D eigenvalue weighted by molar-refractivity contribution is -0.705. The number of hydrogen-bond acceptors (Lipinski definition) is 8. The molecule has 0 saturated heterocycles. The molecule has 1 amide bonds. The molecule has 4 rings (SSSR count). The normalized spacial score (nSPS) is 12.0. The monoisotopic (exact) mass is 415 g/mol. The lowest BCUT2D eigenvalue weighted by Gasteiger charge is -2.05. The van der Waals surface area contributed by atoms with Gasteiger partial charge in [0.05, 0.1) is 12.4 Å². The summed E-state index contributed by atoms with van der Waals surface area (Å²) in [4.78, 5) is 12.2. The van der Waals surface area contributed by atoms with Crippen molar-refractivity contribution in [3.63, 3.8) is 0 Å². The van der Waals surface area contributed by atoms with Crippen LogP contribution in [0.1, 0.15) is 6.42 Å². The van der Waals surface area contributed by atoms with Gasteiger partial charge in [-0.3, -0.25) is 4.79 Å². The van der Waals surface area contributed by atoms with E-state index in [1.165, 1.54) is 16.4 Å². The van der Waals surface area contributed by atoms with Crippen molar-refractivity contribution in [2.75, 3.05) is 25.0 Å². The Bertz CT molecular complexity index is 1020. The van der Waals surface area contributed by atoms with Crippen LogP contribution in [0, 0.1) is 0 Å². The van der Waals surface area contributed by atoms with Crippen LogP contribution >= 0.6 is 11.8 Å². The number of thioether (sulfide) groups is 1. The number of ether oxygens (including phenoxy) is 3. The van der Waals surface area contributed by atoms with Crippen molar-refractivity contribution in [1.29, 1.82) is 0 Å². The minimum atomic E-state index is -0.554. The van der Waals surface area contributed by atoms with Gasteiger partial charge in [0.25, 0.3) is 5.03 Å². The number of nitrogens with one attached hydrogen (secondary N) is 1. The van der Waals surface area contributed by atoms with Crippen LogP contribution in [0.3, 0.4) is 0 Å². The average molecular weight is 415 g/mol. The summed E-state index contributed by atoms with van der Waals surface area (Å²) in [7, 11) is 1.57. The number of aromatic nitrogens is 2. The quantitative estimate of drug-likeness (QED) is 0.460. The van der Waals surface area contributed by atoms with Crippen molar-refractivity contribution in [2.24, 2.45) is 0 Å². The molecule has 0 saturated carbocycles. The summed E-state index contributed by atoms with van der Waals surface area (Å²) in [6, 6.07) is 12.2. The first kappa shape index (κ1) is 18.9. The molecule has 1 aliphatic heterocycles. The van der Waals surface area contributed by atoms with Crippen LogP contribution in [0.25, 0.3) is 5.69 Å². The van der Waals surface area contributed by atoms with E-state index in [-0.39, 0.29) is 19.1 Å². The van der Waals surface area contributed by atoms with Crippen molar-refractivity contribution in [1.82, 2.24) is 5.27 Å². The minimum Gasteiger partial charge on any atom is -0.538 e. The summed E-state index contributed by atoms with van der Waals surface area (Å²) in [6.45, 7) is 0.174. The third-order valence-electron chi connectivity index (χ3n) is 4.11. The van der Waals surface area contributed by atoms with Crippen molar-refractivity contribution < 1.29 is 33.3 Å². The Kier molecular flexibility index (Phi) is 5.43. The van der Waals surface area contributed by atoms with E-state index in [4.69, 9.17) is 18.7 Å². The molecule has 1 aromatic heterocycles. The van der Waals surface area contributed by atoms with Gasteiger partial charge in [0.2, 0.25) is 18.4 Å². The Hall–Kier alpha value is -3.40. The minimum absolute atomic E-state index is 0.174. The topological polar surface area (TPSA) is 110 Å². The predicted molar refractivity (Wildman–Crippen MR) is 101 cm³/mol. The molecule has 9 nitrogen and oxygen atoms in total. The highest BCUT2D eigenvalue weighted by Gasteiger charge is 2.21. The van der Waals surface area contributed by atoms with E-state index in [0.717, 1.165) is 0 Å². The van der Waals surface area contributed by atoms with Crippen LogP contribution in [-0.4, -0.2) is 30.8 Å². The Morgan fingerprint density at radius 3 is 2.83 bits per heavy atom. The van der Waals surface area contributed by atoms with Gasteiger partial charge in [-0.25, -0.2) is 0 Å². The highest BCUT2D eigenvalue weighted by molar-refractivity contribution is 7.99. The largest absolute Gasteiger partial charge is 0.538 e. The molecule has 2 aromatic carbocycles. The number of benzene rings is 2. The molecule has 29 heavy (non-hydrogen) atoms. The number of amides is 1. The SMILES string of the molecule is COc1ccc(-[n+]2noc([O-])c2SCCC(=O)Nc2ccc3c(c2)OCO3)cc1. The van der Waals surface area contributed by atoms with Crippen molar-refractivity contribution in [3.8, 4) is 28.9 Å². The summed E-state index contributed by atoms with van der Waals surface area (Å²) < 4.78 is 21.9. The maximum absolute atomic E-state index is 12.2. The molecule has 1 aliphatic rings. The number of nitrogens with zero attached hydrogens (tertiary/aromatic N) is 2. The molecule has 0 radical (unpaired) electrons. The van der Waals surface area contributed by atoms with E-state index in [1.54, 1.807) is 49.6 Å². The summed E-state index contributed by atoms with van der Waals surface area (Å²) in [5.41, 5.74) is 1.27. The summed E-state index contributed by atoms with van der Waals surface area (Å²) >= 11 is 1.20. The smallest absolute Gasteiger partial charge is 0.297 e. The van der Waals surface area contributed by atoms with Crippen LogP contribution in [0.2, 0.25) is 0 Å². The van der Waals surface area contributed by atoms with E-state index in [0.29, 0.717) is 39.4 Å². The molecule has 2 heterocycles. The van der Waals surface area contributed by atoms with Gasteiger partial charge in [0.1, 0.15) is 5.75 Å². The maximum Gasteiger partial charge on any atom is 0.297 e. The average Bonchev–Trinajstić information content (AvgIpc) is 3.34. The fourth-order valence-electron chi connectivity index (χ4n) is 2.69. The highest BCUT2D eigenvalue weighted by atomic mass is 32.2. The first-order valence-electron chi connectivity index (χ1n) is 8.70. The van der Waals surface area contributed by atoms with Crippen LogP contribution < -0.4 is 29.3 Å². The lowest BCUT2D eigenvalue weighted by Crippen LogP contribution is -2.34. The Morgan fingerprint density at radius 2 is 2.03 bits per heavy atom.